The Morgan fingerprint density at radius 2 is 2.05 bits per heavy atom. The Hall–Kier alpha value is -1.34. The lowest BCUT2D eigenvalue weighted by Crippen LogP contribution is -2.56. The number of aliphatic carboxylic acids is 1. The van der Waals surface area contributed by atoms with Crippen LogP contribution in [-0.4, -0.2) is 77.4 Å². The van der Waals surface area contributed by atoms with Crippen LogP contribution in [0.15, 0.2) is 0 Å². The van der Waals surface area contributed by atoms with Crippen molar-refractivity contribution in [3.63, 3.8) is 0 Å². The number of aliphatic hydroxyl groups is 1. The van der Waals surface area contributed by atoms with Crippen molar-refractivity contribution in [2.24, 2.45) is 0 Å². The number of hydrogen-bond donors (Lipinski definition) is 3. The number of amides is 2. The van der Waals surface area contributed by atoms with Gasteiger partial charge in [-0.3, -0.25) is 0 Å². The van der Waals surface area contributed by atoms with Crippen LogP contribution < -0.4 is 5.32 Å². The SMILES string of the molecule is C[C@@H](O)[C@H](NC(=O)N1CCCC(N(C)C)C1)C(=O)O. The predicted molar refractivity (Wildman–Crippen MR) is 69.9 cm³/mol. The zero-order valence-electron chi connectivity index (χ0n) is 11.7. The quantitative estimate of drug-likeness (QED) is 0.645. The second kappa shape index (κ2) is 6.72. The third-order valence-electron chi connectivity index (χ3n) is 3.44. The molecule has 0 bridgehead atoms. The Bertz CT molecular complexity index is 333. The number of nitrogens with one attached hydrogen (secondary N) is 1. The van der Waals surface area contributed by atoms with E-state index in [0.717, 1.165) is 12.8 Å². The minimum absolute atomic E-state index is 0.286. The topological polar surface area (TPSA) is 93.1 Å². The number of carboxylic acid groups (broad SMARTS) is 1. The van der Waals surface area contributed by atoms with Gasteiger partial charge in [0, 0.05) is 19.1 Å². The van der Waals surface area contributed by atoms with Crippen LogP contribution in [0.5, 0.6) is 0 Å². The average molecular weight is 273 g/mol. The van der Waals surface area contributed by atoms with Crippen LogP contribution >= 0.6 is 0 Å². The molecule has 1 unspecified atom stereocenters. The Morgan fingerprint density at radius 1 is 1.42 bits per heavy atom. The molecule has 1 fully saturated rings. The number of carbonyl (C=O) groups excluding carboxylic acids is 1. The number of hydrogen-bond acceptors (Lipinski definition) is 4. The number of likely N-dealkylation sites (N-methyl/N-ethyl adjacent to an activating group) is 1. The maximum atomic E-state index is 12.0. The van der Waals surface area contributed by atoms with E-state index < -0.39 is 24.1 Å². The Labute approximate surface area is 113 Å². The Kier molecular flexibility index (Phi) is 5.56. The zero-order valence-corrected chi connectivity index (χ0v) is 11.7. The monoisotopic (exact) mass is 273 g/mol. The third kappa shape index (κ3) is 4.36. The van der Waals surface area contributed by atoms with Crippen LogP contribution in [-0.2, 0) is 4.79 Å². The number of aliphatic hydroxyl groups excluding tert-OH is 1. The summed E-state index contributed by atoms with van der Waals surface area (Å²) in [5.74, 6) is -1.23. The van der Waals surface area contributed by atoms with Crippen molar-refractivity contribution in [3.8, 4) is 0 Å². The lowest BCUT2D eigenvalue weighted by molar-refractivity contribution is -0.141. The maximum absolute atomic E-state index is 12.0. The molecule has 3 N–H and O–H groups in total. The van der Waals surface area contributed by atoms with Crippen molar-refractivity contribution < 1.29 is 19.8 Å². The molecule has 0 aromatic carbocycles. The largest absolute Gasteiger partial charge is 0.480 e. The smallest absolute Gasteiger partial charge is 0.328 e. The van der Waals surface area contributed by atoms with Gasteiger partial charge in [-0.2, -0.15) is 0 Å². The van der Waals surface area contributed by atoms with E-state index in [9.17, 15) is 14.7 Å². The van der Waals surface area contributed by atoms with Gasteiger partial charge in [0.15, 0.2) is 6.04 Å². The van der Waals surface area contributed by atoms with Gasteiger partial charge in [0.1, 0.15) is 0 Å². The molecule has 19 heavy (non-hydrogen) atoms. The summed E-state index contributed by atoms with van der Waals surface area (Å²) in [6, 6.07) is -1.42. The number of likely N-dealkylation sites (tertiary alicyclic amines) is 1. The average Bonchev–Trinajstić information content (AvgIpc) is 2.34. The van der Waals surface area contributed by atoms with Crippen LogP contribution in [0, 0.1) is 0 Å². The Morgan fingerprint density at radius 3 is 2.53 bits per heavy atom. The fraction of sp³-hybridized carbons (Fsp3) is 0.833. The highest BCUT2D eigenvalue weighted by Gasteiger charge is 2.30. The number of carboxylic acids is 1. The fourth-order valence-corrected chi connectivity index (χ4v) is 2.17. The lowest BCUT2D eigenvalue weighted by atomic mass is 10.1. The van der Waals surface area contributed by atoms with Crippen LogP contribution in [0.2, 0.25) is 0 Å². The van der Waals surface area contributed by atoms with Gasteiger partial charge in [-0.15, -0.1) is 0 Å². The van der Waals surface area contributed by atoms with E-state index in [2.05, 4.69) is 10.2 Å². The van der Waals surface area contributed by atoms with E-state index in [-0.39, 0.29) is 6.04 Å². The predicted octanol–water partition coefficient (Wildman–Crippen LogP) is -0.444. The summed E-state index contributed by atoms with van der Waals surface area (Å²) < 4.78 is 0. The molecule has 110 valence electrons. The molecule has 1 aliphatic heterocycles. The van der Waals surface area contributed by atoms with Gasteiger partial charge in [0.2, 0.25) is 0 Å². The van der Waals surface area contributed by atoms with Gasteiger partial charge in [0.05, 0.1) is 6.10 Å². The summed E-state index contributed by atoms with van der Waals surface area (Å²) in [5, 5.41) is 20.6. The van der Waals surface area contributed by atoms with Gasteiger partial charge < -0.3 is 25.3 Å². The second-order valence-electron chi connectivity index (χ2n) is 5.21. The number of nitrogens with zero attached hydrogens (tertiary/aromatic N) is 2. The molecule has 1 rings (SSSR count). The number of rotatable bonds is 4. The summed E-state index contributed by atoms with van der Waals surface area (Å²) in [4.78, 5) is 26.6. The highest BCUT2D eigenvalue weighted by Crippen LogP contribution is 2.13. The van der Waals surface area contributed by atoms with E-state index in [4.69, 9.17) is 5.11 Å². The fourth-order valence-electron chi connectivity index (χ4n) is 2.17. The second-order valence-corrected chi connectivity index (χ2v) is 5.21. The van der Waals surface area contributed by atoms with Gasteiger partial charge in [-0.25, -0.2) is 9.59 Å². The van der Waals surface area contributed by atoms with E-state index >= 15 is 0 Å². The zero-order chi connectivity index (χ0) is 14.6. The molecule has 1 heterocycles. The first-order chi connectivity index (χ1) is 8.82. The van der Waals surface area contributed by atoms with E-state index in [1.165, 1.54) is 6.92 Å². The standard InChI is InChI=1S/C12H23N3O4/c1-8(16)10(11(17)18)13-12(19)15-6-4-5-9(7-15)14(2)3/h8-10,16H,4-7H2,1-3H3,(H,13,19)(H,17,18)/t8-,9?,10+/m1/s1. The van der Waals surface area contributed by atoms with E-state index in [1.54, 1.807) is 4.90 Å². The summed E-state index contributed by atoms with van der Waals surface area (Å²) in [5.41, 5.74) is 0. The summed E-state index contributed by atoms with van der Waals surface area (Å²) in [6.07, 6.45) is 0.786. The highest BCUT2D eigenvalue weighted by molar-refractivity contribution is 5.83. The van der Waals surface area contributed by atoms with Crippen molar-refractivity contribution in [2.45, 2.75) is 38.0 Å². The molecule has 0 saturated carbocycles. The first-order valence-corrected chi connectivity index (χ1v) is 6.45. The van der Waals surface area contributed by atoms with Gasteiger partial charge in [0.25, 0.3) is 0 Å². The summed E-state index contributed by atoms with van der Waals surface area (Å²) >= 11 is 0. The summed E-state index contributed by atoms with van der Waals surface area (Å²) in [6.45, 7) is 2.53. The molecular weight excluding hydrogens is 250 g/mol. The first kappa shape index (κ1) is 15.7. The summed E-state index contributed by atoms with van der Waals surface area (Å²) in [7, 11) is 3.92. The highest BCUT2D eigenvalue weighted by atomic mass is 16.4. The van der Waals surface area contributed by atoms with Crippen LogP contribution in [0.3, 0.4) is 0 Å². The van der Waals surface area contributed by atoms with Crippen molar-refractivity contribution in [1.29, 1.82) is 0 Å². The molecule has 1 aliphatic rings. The molecule has 7 heteroatoms. The van der Waals surface area contributed by atoms with E-state index in [1.807, 2.05) is 14.1 Å². The third-order valence-corrected chi connectivity index (χ3v) is 3.44. The normalized spacial score (nSPS) is 23.0. The van der Waals surface area contributed by atoms with Crippen molar-refractivity contribution in [2.75, 3.05) is 27.2 Å². The van der Waals surface area contributed by atoms with Crippen LogP contribution in [0.4, 0.5) is 4.79 Å². The molecule has 7 nitrogen and oxygen atoms in total. The number of carbonyl (C=O) groups is 2. The molecule has 0 aliphatic carbocycles. The molecule has 2 amide bonds. The molecule has 0 radical (unpaired) electrons. The van der Waals surface area contributed by atoms with Crippen LogP contribution in [0.1, 0.15) is 19.8 Å². The van der Waals surface area contributed by atoms with Gasteiger partial charge >= 0.3 is 12.0 Å². The minimum atomic E-state index is -1.27. The molecule has 0 aromatic heterocycles. The molecule has 0 aromatic rings. The molecule has 1 saturated heterocycles. The number of urea groups is 1. The van der Waals surface area contributed by atoms with Crippen molar-refractivity contribution >= 4 is 12.0 Å². The van der Waals surface area contributed by atoms with Crippen LogP contribution in [0.25, 0.3) is 0 Å². The first-order valence-electron chi connectivity index (χ1n) is 6.45. The van der Waals surface area contributed by atoms with Crippen molar-refractivity contribution in [1.82, 2.24) is 15.1 Å². The van der Waals surface area contributed by atoms with Gasteiger partial charge in [-0.1, -0.05) is 0 Å². The molecule has 0 spiro atoms. The lowest BCUT2D eigenvalue weighted by Gasteiger charge is -2.36. The minimum Gasteiger partial charge on any atom is -0.480 e. The Balaban J connectivity index is 2.59. The van der Waals surface area contributed by atoms with Crippen molar-refractivity contribution in [3.05, 3.63) is 0 Å². The maximum Gasteiger partial charge on any atom is 0.328 e. The van der Waals surface area contributed by atoms with E-state index in [0.29, 0.717) is 13.1 Å². The number of piperidine rings is 1. The molecular formula is C12H23N3O4. The van der Waals surface area contributed by atoms with Gasteiger partial charge in [-0.05, 0) is 33.9 Å². The molecule has 3 atom stereocenters.